The molecule has 8 nitrogen and oxygen atoms in total. The SMILES string of the molecule is Cc1cccc(NC(=O)CCNC(=O)c2csc(-c3ncccn3)n2)n1. The molecule has 132 valence electrons. The summed E-state index contributed by atoms with van der Waals surface area (Å²) in [5, 5.41) is 7.57. The van der Waals surface area contributed by atoms with Crippen molar-refractivity contribution >= 4 is 29.0 Å². The molecule has 2 N–H and O–H groups in total. The van der Waals surface area contributed by atoms with Gasteiger partial charge in [0.1, 0.15) is 11.5 Å². The van der Waals surface area contributed by atoms with E-state index in [9.17, 15) is 9.59 Å². The van der Waals surface area contributed by atoms with Crippen LogP contribution < -0.4 is 10.6 Å². The zero-order valence-electron chi connectivity index (χ0n) is 14.0. The van der Waals surface area contributed by atoms with Crippen molar-refractivity contribution in [1.29, 1.82) is 0 Å². The molecule has 0 aliphatic heterocycles. The Hall–Kier alpha value is -3.20. The molecule has 0 fully saturated rings. The Kier molecular flexibility index (Phi) is 5.59. The van der Waals surface area contributed by atoms with Gasteiger partial charge in [0, 0.05) is 36.4 Å². The van der Waals surface area contributed by atoms with Crippen LogP contribution in [0.5, 0.6) is 0 Å². The number of nitrogens with zero attached hydrogens (tertiary/aromatic N) is 4. The molecule has 26 heavy (non-hydrogen) atoms. The number of rotatable bonds is 6. The van der Waals surface area contributed by atoms with Gasteiger partial charge in [-0.25, -0.2) is 19.9 Å². The highest BCUT2D eigenvalue weighted by Crippen LogP contribution is 2.19. The quantitative estimate of drug-likeness (QED) is 0.689. The number of carbonyl (C=O) groups excluding carboxylic acids is 2. The number of aryl methyl sites for hydroxylation is 1. The van der Waals surface area contributed by atoms with Gasteiger partial charge in [0.15, 0.2) is 10.8 Å². The van der Waals surface area contributed by atoms with Crippen LogP contribution in [-0.4, -0.2) is 38.3 Å². The molecule has 3 rings (SSSR count). The molecular formula is C17H16N6O2S. The first-order valence-corrected chi connectivity index (χ1v) is 8.74. The second kappa shape index (κ2) is 8.26. The fourth-order valence-electron chi connectivity index (χ4n) is 2.09. The Morgan fingerprint density at radius 3 is 2.69 bits per heavy atom. The molecular weight excluding hydrogens is 352 g/mol. The highest BCUT2D eigenvalue weighted by Gasteiger charge is 2.13. The van der Waals surface area contributed by atoms with E-state index in [1.54, 1.807) is 29.9 Å². The van der Waals surface area contributed by atoms with Crippen LogP contribution in [0, 0.1) is 6.92 Å². The Bertz CT molecular complexity index is 912. The summed E-state index contributed by atoms with van der Waals surface area (Å²) >= 11 is 1.29. The van der Waals surface area contributed by atoms with Crippen molar-refractivity contribution < 1.29 is 9.59 Å². The largest absolute Gasteiger partial charge is 0.350 e. The van der Waals surface area contributed by atoms with E-state index in [4.69, 9.17) is 0 Å². The van der Waals surface area contributed by atoms with Crippen LogP contribution in [0.15, 0.2) is 42.0 Å². The number of hydrogen-bond acceptors (Lipinski definition) is 7. The van der Waals surface area contributed by atoms with E-state index in [0.29, 0.717) is 16.6 Å². The summed E-state index contributed by atoms with van der Waals surface area (Å²) in [5.74, 6) is 0.403. The van der Waals surface area contributed by atoms with Crippen LogP contribution in [0.2, 0.25) is 0 Å². The smallest absolute Gasteiger partial charge is 0.270 e. The van der Waals surface area contributed by atoms with Crippen molar-refractivity contribution in [3.8, 4) is 10.8 Å². The summed E-state index contributed by atoms with van der Waals surface area (Å²) in [6.45, 7) is 2.05. The van der Waals surface area contributed by atoms with Gasteiger partial charge < -0.3 is 10.6 Å². The van der Waals surface area contributed by atoms with Gasteiger partial charge in [0.25, 0.3) is 5.91 Å². The van der Waals surface area contributed by atoms with Crippen LogP contribution in [0.25, 0.3) is 10.8 Å². The molecule has 0 spiro atoms. The van der Waals surface area contributed by atoms with E-state index in [-0.39, 0.29) is 30.5 Å². The number of carbonyl (C=O) groups is 2. The van der Waals surface area contributed by atoms with E-state index in [1.165, 1.54) is 11.3 Å². The first-order chi connectivity index (χ1) is 12.6. The van der Waals surface area contributed by atoms with Gasteiger partial charge in [-0.15, -0.1) is 11.3 Å². The summed E-state index contributed by atoms with van der Waals surface area (Å²) in [5.41, 5.74) is 1.09. The van der Waals surface area contributed by atoms with Crippen LogP contribution in [0.4, 0.5) is 5.82 Å². The first kappa shape index (κ1) is 17.6. The number of thiazole rings is 1. The third-order valence-electron chi connectivity index (χ3n) is 3.29. The van der Waals surface area contributed by atoms with Gasteiger partial charge in [-0.1, -0.05) is 6.07 Å². The van der Waals surface area contributed by atoms with Crippen molar-refractivity contribution in [1.82, 2.24) is 25.3 Å². The zero-order valence-corrected chi connectivity index (χ0v) is 14.8. The third-order valence-corrected chi connectivity index (χ3v) is 4.13. The van der Waals surface area contributed by atoms with Gasteiger partial charge in [-0.05, 0) is 25.1 Å². The maximum Gasteiger partial charge on any atom is 0.270 e. The monoisotopic (exact) mass is 368 g/mol. The topological polar surface area (TPSA) is 110 Å². The number of hydrogen-bond donors (Lipinski definition) is 2. The summed E-state index contributed by atoms with van der Waals surface area (Å²) in [6, 6.07) is 7.09. The Morgan fingerprint density at radius 1 is 1.12 bits per heavy atom. The van der Waals surface area contributed by atoms with Gasteiger partial charge >= 0.3 is 0 Å². The van der Waals surface area contributed by atoms with Gasteiger partial charge in [0.2, 0.25) is 5.91 Å². The standard InChI is InChI=1S/C17H16N6O2S/c1-11-4-2-5-13(21-11)23-14(24)6-9-20-16(25)12-10-26-17(22-12)15-18-7-3-8-19-15/h2-5,7-8,10H,6,9H2,1H3,(H,20,25)(H,21,23,24). The Labute approximate surface area is 153 Å². The second-order valence-corrected chi connectivity index (χ2v) is 6.19. The highest BCUT2D eigenvalue weighted by molar-refractivity contribution is 7.13. The van der Waals surface area contributed by atoms with Crippen molar-refractivity contribution in [2.75, 3.05) is 11.9 Å². The molecule has 0 saturated carbocycles. The molecule has 0 aliphatic carbocycles. The number of pyridine rings is 1. The molecule has 3 aromatic heterocycles. The number of nitrogens with one attached hydrogen (secondary N) is 2. The average Bonchev–Trinajstić information content (AvgIpc) is 3.12. The summed E-state index contributed by atoms with van der Waals surface area (Å²) in [6.07, 6.45) is 3.37. The minimum Gasteiger partial charge on any atom is -0.350 e. The Morgan fingerprint density at radius 2 is 1.92 bits per heavy atom. The summed E-state index contributed by atoms with van der Waals surface area (Å²) < 4.78 is 0. The van der Waals surface area contributed by atoms with E-state index < -0.39 is 0 Å². The fourth-order valence-corrected chi connectivity index (χ4v) is 2.83. The highest BCUT2D eigenvalue weighted by atomic mass is 32.1. The maximum atomic E-state index is 12.1. The number of amides is 2. The lowest BCUT2D eigenvalue weighted by Crippen LogP contribution is -2.28. The molecule has 0 saturated heterocycles. The molecule has 3 aromatic rings. The lowest BCUT2D eigenvalue weighted by Gasteiger charge is -2.06. The molecule has 0 aromatic carbocycles. The molecule has 0 radical (unpaired) electrons. The van der Waals surface area contributed by atoms with E-state index in [2.05, 4.69) is 30.6 Å². The average molecular weight is 368 g/mol. The van der Waals surface area contributed by atoms with Crippen LogP contribution in [0.1, 0.15) is 22.6 Å². The molecule has 0 atom stereocenters. The lowest BCUT2D eigenvalue weighted by atomic mass is 10.3. The molecule has 3 heterocycles. The predicted octanol–water partition coefficient (Wildman–Crippen LogP) is 2.06. The van der Waals surface area contributed by atoms with Crippen molar-refractivity contribution in [3.63, 3.8) is 0 Å². The molecule has 9 heteroatoms. The predicted molar refractivity (Wildman–Crippen MR) is 97.7 cm³/mol. The number of anilines is 1. The molecule has 0 bridgehead atoms. The van der Waals surface area contributed by atoms with Crippen molar-refractivity contribution in [3.05, 3.63) is 53.4 Å². The van der Waals surface area contributed by atoms with Gasteiger partial charge in [0.05, 0.1) is 0 Å². The first-order valence-electron chi connectivity index (χ1n) is 7.86. The van der Waals surface area contributed by atoms with E-state index in [0.717, 1.165) is 5.69 Å². The third kappa shape index (κ3) is 4.67. The van der Waals surface area contributed by atoms with E-state index >= 15 is 0 Å². The summed E-state index contributed by atoms with van der Waals surface area (Å²) in [4.78, 5) is 40.6. The van der Waals surface area contributed by atoms with Crippen LogP contribution in [-0.2, 0) is 4.79 Å². The number of aromatic nitrogens is 4. The normalized spacial score (nSPS) is 10.3. The lowest BCUT2D eigenvalue weighted by molar-refractivity contribution is -0.116. The van der Waals surface area contributed by atoms with Crippen LogP contribution in [0.3, 0.4) is 0 Å². The summed E-state index contributed by atoms with van der Waals surface area (Å²) in [7, 11) is 0. The van der Waals surface area contributed by atoms with Gasteiger partial charge in [-0.3, -0.25) is 9.59 Å². The maximum absolute atomic E-state index is 12.1. The zero-order chi connectivity index (χ0) is 18.4. The van der Waals surface area contributed by atoms with Crippen molar-refractivity contribution in [2.45, 2.75) is 13.3 Å². The minimum atomic E-state index is -0.343. The molecule has 0 aliphatic rings. The minimum absolute atomic E-state index is 0.139. The second-order valence-electron chi connectivity index (χ2n) is 5.33. The fraction of sp³-hybridized carbons (Fsp3) is 0.176. The van der Waals surface area contributed by atoms with Crippen molar-refractivity contribution in [2.24, 2.45) is 0 Å². The molecule has 2 amide bonds. The van der Waals surface area contributed by atoms with Gasteiger partial charge in [-0.2, -0.15) is 0 Å². The van der Waals surface area contributed by atoms with Crippen LogP contribution >= 0.6 is 11.3 Å². The molecule has 0 unspecified atom stereocenters. The van der Waals surface area contributed by atoms with E-state index in [1.807, 2.05) is 19.1 Å². The Balaban J connectivity index is 1.48.